The summed E-state index contributed by atoms with van der Waals surface area (Å²) in [4.78, 5) is 11.2. The van der Waals surface area contributed by atoms with Gasteiger partial charge in [0.05, 0.1) is 5.56 Å². The number of anilines is 2. The van der Waals surface area contributed by atoms with E-state index in [0.29, 0.717) is 11.4 Å². The Morgan fingerprint density at radius 3 is 2.43 bits per heavy atom. The highest BCUT2D eigenvalue weighted by Gasteiger charge is 2.07. The van der Waals surface area contributed by atoms with Gasteiger partial charge in [-0.15, -0.1) is 0 Å². The molecule has 0 aliphatic heterocycles. The molecule has 5 nitrogen and oxygen atoms in total. The van der Waals surface area contributed by atoms with Crippen LogP contribution in [0.4, 0.5) is 11.4 Å². The zero-order valence-electron chi connectivity index (χ0n) is 7.36. The number of nitrogen functional groups attached to an aromatic ring is 2. The maximum absolute atomic E-state index is 11.2. The highest BCUT2D eigenvalue weighted by Crippen LogP contribution is 2.14. The molecule has 1 aromatic rings. The summed E-state index contributed by atoms with van der Waals surface area (Å²) in [5.41, 5.74) is 12.0. The Bertz CT molecular complexity index is 375. The van der Waals surface area contributed by atoms with Crippen molar-refractivity contribution in [3.63, 3.8) is 0 Å². The molecule has 0 saturated carbocycles. The first-order chi connectivity index (χ1) is 6.63. The number of ether oxygens (including phenoxy) is 1. The summed E-state index contributed by atoms with van der Waals surface area (Å²) in [6, 6.07) is 6.10. The van der Waals surface area contributed by atoms with Gasteiger partial charge in [-0.25, -0.2) is 4.79 Å². The molecule has 0 spiro atoms. The minimum atomic E-state index is -0.606. The average Bonchev–Trinajstić information content (AvgIpc) is 2.12. The molecule has 0 aromatic heterocycles. The van der Waals surface area contributed by atoms with Crippen molar-refractivity contribution in [3.8, 4) is 6.07 Å². The van der Waals surface area contributed by atoms with Gasteiger partial charge in [-0.2, -0.15) is 5.26 Å². The number of nitriles is 1. The molecule has 0 atom stereocenters. The molecule has 0 saturated heterocycles. The Balaban J connectivity index is 2.85. The van der Waals surface area contributed by atoms with Crippen LogP contribution in [0.3, 0.4) is 0 Å². The summed E-state index contributed by atoms with van der Waals surface area (Å²) >= 11 is 0. The first kappa shape index (κ1) is 9.86. The maximum Gasteiger partial charge on any atom is 0.339 e. The monoisotopic (exact) mass is 191 g/mol. The average molecular weight is 191 g/mol. The third kappa shape index (κ3) is 2.38. The van der Waals surface area contributed by atoms with Gasteiger partial charge >= 0.3 is 5.97 Å². The van der Waals surface area contributed by atoms with Gasteiger partial charge in [0.15, 0.2) is 6.61 Å². The van der Waals surface area contributed by atoms with Crippen LogP contribution < -0.4 is 11.5 Å². The number of carbonyl (C=O) groups excluding carboxylic acids is 1. The van der Waals surface area contributed by atoms with E-state index >= 15 is 0 Å². The minimum Gasteiger partial charge on any atom is -0.447 e. The van der Waals surface area contributed by atoms with Crippen LogP contribution in [0.2, 0.25) is 0 Å². The van der Waals surface area contributed by atoms with Crippen LogP contribution >= 0.6 is 0 Å². The highest BCUT2D eigenvalue weighted by molar-refractivity contribution is 5.91. The Hall–Kier alpha value is -2.22. The summed E-state index contributed by atoms with van der Waals surface area (Å²) in [5.74, 6) is -0.606. The van der Waals surface area contributed by atoms with Gasteiger partial charge < -0.3 is 16.2 Å². The van der Waals surface area contributed by atoms with Crippen LogP contribution in [-0.2, 0) is 4.74 Å². The van der Waals surface area contributed by atoms with Crippen LogP contribution in [-0.4, -0.2) is 12.6 Å². The molecule has 5 heteroatoms. The van der Waals surface area contributed by atoms with Crippen molar-refractivity contribution >= 4 is 17.3 Å². The fourth-order valence-electron chi connectivity index (χ4n) is 0.976. The number of rotatable bonds is 2. The molecule has 0 unspecified atom stereocenters. The summed E-state index contributed by atoms with van der Waals surface area (Å²) < 4.78 is 4.58. The van der Waals surface area contributed by atoms with Crippen molar-refractivity contribution in [1.29, 1.82) is 5.26 Å². The quantitative estimate of drug-likeness (QED) is 0.524. The van der Waals surface area contributed by atoms with Crippen LogP contribution in [0.15, 0.2) is 18.2 Å². The standard InChI is InChI=1S/C9H9N3O2/c10-1-2-14-9(13)6-3-7(11)5-8(12)4-6/h3-5H,2,11-12H2. The van der Waals surface area contributed by atoms with E-state index in [1.807, 2.05) is 0 Å². The number of hydrogen-bond acceptors (Lipinski definition) is 5. The maximum atomic E-state index is 11.2. The Kier molecular flexibility index (Phi) is 2.92. The third-order valence-electron chi connectivity index (χ3n) is 1.48. The Labute approximate surface area is 80.9 Å². The molecule has 14 heavy (non-hydrogen) atoms. The third-order valence-corrected chi connectivity index (χ3v) is 1.48. The van der Waals surface area contributed by atoms with E-state index in [1.165, 1.54) is 18.2 Å². The summed E-state index contributed by atoms with van der Waals surface area (Å²) in [7, 11) is 0. The summed E-state index contributed by atoms with van der Waals surface area (Å²) in [6.45, 7) is -0.284. The second-order valence-corrected chi connectivity index (χ2v) is 2.62. The van der Waals surface area contributed by atoms with Gasteiger partial charge in [0.1, 0.15) is 6.07 Å². The lowest BCUT2D eigenvalue weighted by molar-refractivity contribution is 0.0555. The zero-order valence-corrected chi connectivity index (χ0v) is 7.36. The van der Waals surface area contributed by atoms with Crippen molar-refractivity contribution in [1.82, 2.24) is 0 Å². The van der Waals surface area contributed by atoms with Crippen molar-refractivity contribution in [2.75, 3.05) is 18.1 Å². The van der Waals surface area contributed by atoms with Crippen molar-refractivity contribution in [2.45, 2.75) is 0 Å². The van der Waals surface area contributed by atoms with Gasteiger partial charge in [0.25, 0.3) is 0 Å². The molecule has 1 rings (SSSR count). The zero-order chi connectivity index (χ0) is 10.6. The lowest BCUT2D eigenvalue weighted by Crippen LogP contribution is -2.06. The van der Waals surface area contributed by atoms with E-state index in [1.54, 1.807) is 6.07 Å². The van der Waals surface area contributed by atoms with E-state index in [0.717, 1.165) is 0 Å². The van der Waals surface area contributed by atoms with E-state index in [-0.39, 0.29) is 12.2 Å². The number of esters is 1. The lowest BCUT2D eigenvalue weighted by Gasteiger charge is -2.03. The summed E-state index contributed by atoms with van der Waals surface area (Å²) in [5, 5.41) is 8.19. The number of hydrogen-bond donors (Lipinski definition) is 2. The van der Waals surface area contributed by atoms with Crippen LogP contribution in [0.1, 0.15) is 10.4 Å². The molecule has 0 bridgehead atoms. The van der Waals surface area contributed by atoms with Gasteiger partial charge in [0, 0.05) is 11.4 Å². The largest absolute Gasteiger partial charge is 0.447 e. The van der Waals surface area contributed by atoms with E-state index in [2.05, 4.69) is 4.74 Å². The number of carbonyl (C=O) groups is 1. The smallest absolute Gasteiger partial charge is 0.339 e. The molecular weight excluding hydrogens is 182 g/mol. The first-order valence-electron chi connectivity index (χ1n) is 3.83. The van der Waals surface area contributed by atoms with Gasteiger partial charge in [-0.3, -0.25) is 0 Å². The molecular formula is C9H9N3O2. The molecule has 4 N–H and O–H groups in total. The van der Waals surface area contributed by atoms with E-state index < -0.39 is 5.97 Å². The highest BCUT2D eigenvalue weighted by atomic mass is 16.5. The lowest BCUT2D eigenvalue weighted by atomic mass is 10.2. The molecule has 0 radical (unpaired) electrons. The van der Waals surface area contributed by atoms with Crippen molar-refractivity contribution < 1.29 is 9.53 Å². The first-order valence-corrected chi connectivity index (χ1v) is 3.83. The molecule has 0 fully saturated rings. The van der Waals surface area contributed by atoms with Gasteiger partial charge in [0.2, 0.25) is 0 Å². The SMILES string of the molecule is N#CCOC(=O)c1cc(N)cc(N)c1. The fraction of sp³-hybridized carbons (Fsp3) is 0.111. The molecule has 0 aliphatic carbocycles. The van der Waals surface area contributed by atoms with Gasteiger partial charge in [-0.05, 0) is 18.2 Å². The summed E-state index contributed by atoms with van der Waals surface area (Å²) in [6.07, 6.45) is 0. The Morgan fingerprint density at radius 2 is 1.93 bits per heavy atom. The van der Waals surface area contributed by atoms with E-state index in [4.69, 9.17) is 16.7 Å². The number of nitrogens with zero attached hydrogens (tertiary/aromatic N) is 1. The van der Waals surface area contributed by atoms with Crippen LogP contribution in [0.25, 0.3) is 0 Å². The van der Waals surface area contributed by atoms with Crippen molar-refractivity contribution in [3.05, 3.63) is 23.8 Å². The number of benzene rings is 1. The molecule has 0 amide bonds. The number of nitrogens with two attached hydrogens (primary N) is 2. The van der Waals surface area contributed by atoms with Crippen LogP contribution in [0.5, 0.6) is 0 Å². The predicted octanol–water partition coefficient (Wildman–Crippen LogP) is 0.531. The van der Waals surface area contributed by atoms with E-state index in [9.17, 15) is 4.79 Å². The normalized spacial score (nSPS) is 9.07. The second kappa shape index (κ2) is 4.14. The topological polar surface area (TPSA) is 102 Å². The van der Waals surface area contributed by atoms with Gasteiger partial charge in [-0.1, -0.05) is 0 Å². The Morgan fingerprint density at radius 1 is 1.36 bits per heavy atom. The molecule has 72 valence electrons. The minimum absolute atomic E-state index is 0.248. The molecule has 0 aliphatic rings. The second-order valence-electron chi connectivity index (χ2n) is 2.62. The van der Waals surface area contributed by atoms with Crippen LogP contribution in [0, 0.1) is 11.3 Å². The molecule has 1 aromatic carbocycles. The molecule has 0 heterocycles. The predicted molar refractivity (Wildman–Crippen MR) is 51.2 cm³/mol. The van der Waals surface area contributed by atoms with Crippen molar-refractivity contribution in [2.24, 2.45) is 0 Å². The fourth-order valence-corrected chi connectivity index (χ4v) is 0.976.